The highest BCUT2D eigenvalue weighted by Gasteiger charge is 2.18. The van der Waals surface area contributed by atoms with E-state index in [2.05, 4.69) is 41.5 Å². The van der Waals surface area contributed by atoms with Gasteiger partial charge in [-0.3, -0.25) is 0 Å². The van der Waals surface area contributed by atoms with Crippen LogP contribution >= 0.6 is 0 Å². The van der Waals surface area contributed by atoms with E-state index in [9.17, 15) is 0 Å². The summed E-state index contributed by atoms with van der Waals surface area (Å²) in [6.07, 6.45) is 6.82. The molecule has 112 valence electrons. The van der Waals surface area contributed by atoms with Crippen molar-refractivity contribution in [2.24, 2.45) is 11.8 Å². The SMILES string of the molecule is Cc1cc(-c2nnco2)ccc1NCC1CCC(C)CC1. The van der Waals surface area contributed by atoms with Crippen LogP contribution in [0.3, 0.4) is 0 Å². The van der Waals surface area contributed by atoms with Gasteiger partial charge in [0.15, 0.2) is 0 Å². The summed E-state index contributed by atoms with van der Waals surface area (Å²) in [6.45, 7) is 5.56. The lowest BCUT2D eigenvalue weighted by molar-refractivity contribution is 0.300. The smallest absolute Gasteiger partial charge is 0.247 e. The zero-order chi connectivity index (χ0) is 14.7. The standard InChI is InChI=1S/C17H23N3O/c1-12-3-5-14(6-4-12)10-18-16-8-7-15(9-13(16)2)17-20-19-11-21-17/h7-9,11-12,14,18H,3-6,10H2,1-2H3. The lowest BCUT2D eigenvalue weighted by Crippen LogP contribution is -2.20. The van der Waals surface area contributed by atoms with Crippen LogP contribution in [0.5, 0.6) is 0 Å². The van der Waals surface area contributed by atoms with Crippen molar-refractivity contribution in [1.29, 1.82) is 0 Å². The Kier molecular flexibility index (Phi) is 4.23. The maximum absolute atomic E-state index is 5.24. The van der Waals surface area contributed by atoms with Gasteiger partial charge in [-0.25, -0.2) is 0 Å². The largest absolute Gasteiger partial charge is 0.423 e. The summed E-state index contributed by atoms with van der Waals surface area (Å²) in [5.74, 6) is 2.30. The Morgan fingerprint density at radius 1 is 1.24 bits per heavy atom. The van der Waals surface area contributed by atoms with Crippen LogP contribution in [-0.4, -0.2) is 16.7 Å². The molecule has 1 aromatic carbocycles. The molecule has 1 aliphatic rings. The van der Waals surface area contributed by atoms with E-state index in [1.54, 1.807) is 0 Å². The van der Waals surface area contributed by atoms with Crippen molar-refractivity contribution < 1.29 is 4.42 Å². The first kappa shape index (κ1) is 14.1. The van der Waals surface area contributed by atoms with Gasteiger partial charge in [-0.05, 0) is 55.4 Å². The molecule has 1 fully saturated rings. The second kappa shape index (κ2) is 6.29. The number of hydrogen-bond acceptors (Lipinski definition) is 4. The normalized spacial score (nSPS) is 22.2. The van der Waals surface area contributed by atoms with Crippen molar-refractivity contribution in [3.8, 4) is 11.5 Å². The molecular weight excluding hydrogens is 262 g/mol. The molecule has 0 atom stereocenters. The van der Waals surface area contributed by atoms with Gasteiger partial charge in [-0.2, -0.15) is 0 Å². The number of benzene rings is 1. The highest BCUT2D eigenvalue weighted by Crippen LogP contribution is 2.29. The topological polar surface area (TPSA) is 51.0 Å². The summed E-state index contributed by atoms with van der Waals surface area (Å²) in [6, 6.07) is 6.24. The van der Waals surface area contributed by atoms with Crippen LogP contribution in [0, 0.1) is 18.8 Å². The molecule has 2 aromatic rings. The molecule has 0 radical (unpaired) electrons. The fourth-order valence-electron chi connectivity index (χ4n) is 3.08. The van der Waals surface area contributed by atoms with Gasteiger partial charge in [0.2, 0.25) is 12.3 Å². The molecule has 1 saturated carbocycles. The number of anilines is 1. The molecule has 0 saturated heterocycles. The minimum atomic E-state index is 0.575. The molecule has 21 heavy (non-hydrogen) atoms. The van der Waals surface area contributed by atoms with Gasteiger partial charge in [0.1, 0.15) is 0 Å². The molecular formula is C17H23N3O. The molecule has 0 bridgehead atoms. The Balaban J connectivity index is 1.61. The summed E-state index contributed by atoms with van der Waals surface area (Å²) in [7, 11) is 0. The van der Waals surface area contributed by atoms with Gasteiger partial charge in [-0.15, -0.1) is 10.2 Å². The van der Waals surface area contributed by atoms with Crippen molar-refractivity contribution in [3.63, 3.8) is 0 Å². The van der Waals surface area contributed by atoms with Crippen molar-refractivity contribution in [2.75, 3.05) is 11.9 Å². The van der Waals surface area contributed by atoms with E-state index in [-0.39, 0.29) is 0 Å². The van der Waals surface area contributed by atoms with Crippen molar-refractivity contribution in [2.45, 2.75) is 39.5 Å². The molecule has 1 N–H and O–H groups in total. The number of rotatable bonds is 4. The number of aromatic nitrogens is 2. The second-order valence-electron chi connectivity index (χ2n) is 6.28. The van der Waals surface area contributed by atoms with Crippen molar-refractivity contribution in [1.82, 2.24) is 10.2 Å². The van der Waals surface area contributed by atoms with Crippen LogP contribution < -0.4 is 5.32 Å². The summed E-state index contributed by atoms with van der Waals surface area (Å²) < 4.78 is 5.24. The number of hydrogen-bond donors (Lipinski definition) is 1. The Bertz CT molecular complexity index is 572. The monoisotopic (exact) mass is 285 g/mol. The Morgan fingerprint density at radius 3 is 2.71 bits per heavy atom. The fraction of sp³-hybridized carbons (Fsp3) is 0.529. The number of nitrogens with one attached hydrogen (secondary N) is 1. The van der Waals surface area contributed by atoms with Gasteiger partial charge in [0, 0.05) is 17.8 Å². The molecule has 0 unspecified atom stereocenters. The zero-order valence-corrected chi connectivity index (χ0v) is 12.8. The zero-order valence-electron chi connectivity index (χ0n) is 12.8. The lowest BCUT2D eigenvalue weighted by Gasteiger charge is -2.26. The predicted molar refractivity (Wildman–Crippen MR) is 84.1 cm³/mol. The quantitative estimate of drug-likeness (QED) is 0.910. The molecule has 0 aliphatic heterocycles. The third kappa shape index (κ3) is 3.43. The first-order chi connectivity index (χ1) is 10.2. The van der Waals surface area contributed by atoms with E-state index in [4.69, 9.17) is 4.42 Å². The van der Waals surface area contributed by atoms with E-state index >= 15 is 0 Å². The van der Waals surface area contributed by atoms with Gasteiger partial charge < -0.3 is 9.73 Å². The van der Waals surface area contributed by atoms with Gasteiger partial charge in [0.05, 0.1) is 0 Å². The van der Waals surface area contributed by atoms with E-state index in [1.165, 1.54) is 43.3 Å². The van der Waals surface area contributed by atoms with E-state index < -0.39 is 0 Å². The number of aryl methyl sites for hydroxylation is 1. The minimum Gasteiger partial charge on any atom is -0.423 e. The highest BCUT2D eigenvalue weighted by atomic mass is 16.4. The third-order valence-corrected chi connectivity index (χ3v) is 4.55. The van der Waals surface area contributed by atoms with Crippen molar-refractivity contribution in [3.05, 3.63) is 30.2 Å². The maximum atomic E-state index is 5.24. The van der Waals surface area contributed by atoms with Crippen LogP contribution in [0.1, 0.15) is 38.2 Å². The van der Waals surface area contributed by atoms with Gasteiger partial charge in [0.25, 0.3) is 0 Å². The van der Waals surface area contributed by atoms with E-state index in [1.807, 2.05) is 6.07 Å². The molecule has 1 aliphatic carbocycles. The summed E-state index contributed by atoms with van der Waals surface area (Å²) in [5, 5.41) is 11.3. The first-order valence-corrected chi connectivity index (χ1v) is 7.83. The molecule has 3 rings (SSSR count). The average molecular weight is 285 g/mol. The van der Waals surface area contributed by atoms with Crippen LogP contribution in [0.2, 0.25) is 0 Å². The fourth-order valence-corrected chi connectivity index (χ4v) is 3.08. The molecule has 4 heteroatoms. The molecule has 1 aromatic heterocycles. The summed E-state index contributed by atoms with van der Waals surface area (Å²) in [4.78, 5) is 0. The molecule has 0 amide bonds. The van der Waals surface area contributed by atoms with E-state index in [0.29, 0.717) is 5.89 Å². The van der Waals surface area contributed by atoms with Gasteiger partial charge >= 0.3 is 0 Å². The number of nitrogens with zero attached hydrogens (tertiary/aromatic N) is 2. The van der Waals surface area contributed by atoms with E-state index in [0.717, 1.165) is 23.9 Å². The molecule has 4 nitrogen and oxygen atoms in total. The van der Waals surface area contributed by atoms with Gasteiger partial charge in [-0.1, -0.05) is 19.8 Å². The lowest BCUT2D eigenvalue weighted by atomic mass is 9.83. The van der Waals surface area contributed by atoms with Crippen LogP contribution in [0.15, 0.2) is 29.0 Å². The second-order valence-corrected chi connectivity index (χ2v) is 6.28. The Morgan fingerprint density at radius 2 is 2.05 bits per heavy atom. The van der Waals surface area contributed by atoms with Crippen LogP contribution in [0.25, 0.3) is 11.5 Å². The van der Waals surface area contributed by atoms with Crippen molar-refractivity contribution >= 4 is 5.69 Å². The first-order valence-electron chi connectivity index (χ1n) is 7.83. The Hall–Kier alpha value is -1.84. The Labute approximate surface area is 126 Å². The highest BCUT2D eigenvalue weighted by molar-refractivity contribution is 5.62. The summed E-state index contributed by atoms with van der Waals surface area (Å²) >= 11 is 0. The average Bonchev–Trinajstić information content (AvgIpc) is 3.02. The predicted octanol–water partition coefficient (Wildman–Crippen LogP) is 4.28. The van der Waals surface area contributed by atoms with Crippen LogP contribution in [-0.2, 0) is 0 Å². The maximum Gasteiger partial charge on any atom is 0.247 e. The van der Waals surface area contributed by atoms with Crippen LogP contribution in [0.4, 0.5) is 5.69 Å². The molecule has 1 heterocycles. The third-order valence-electron chi connectivity index (χ3n) is 4.55. The molecule has 0 spiro atoms. The minimum absolute atomic E-state index is 0.575. The summed E-state index contributed by atoms with van der Waals surface area (Å²) in [5.41, 5.74) is 3.40.